The lowest BCUT2D eigenvalue weighted by molar-refractivity contribution is 0.0548. The zero-order valence-electron chi connectivity index (χ0n) is 13.1. The molecule has 20 heavy (non-hydrogen) atoms. The van der Waals surface area contributed by atoms with Crippen molar-refractivity contribution in [1.29, 1.82) is 0 Å². The highest BCUT2D eigenvalue weighted by atomic mass is 16.3. The number of hydrogen-bond donors (Lipinski definition) is 2. The maximum absolute atomic E-state index is 10.8. The normalized spacial score (nSPS) is 26.2. The van der Waals surface area contributed by atoms with Crippen molar-refractivity contribution in [3.05, 3.63) is 34.9 Å². The van der Waals surface area contributed by atoms with Crippen molar-refractivity contribution in [3.8, 4) is 0 Å². The summed E-state index contributed by atoms with van der Waals surface area (Å²) in [6, 6.07) is 6.47. The van der Waals surface area contributed by atoms with Crippen molar-refractivity contribution >= 4 is 0 Å². The first-order valence-electron chi connectivity index (χ1n) is 7.98. The molecule has 0 aromatic heterocycles. The van der Waals surface area contributed by atoms with E-state index in [0.29, 0.717) is 12.5 Å². The first-order valence-corrected chi connectivity index (χ1v) is 7.98. The van der Waals surface area contributed by atoms with Crippen LogP contribution in [-0.2, 0) is 0 Å². The largest absolute Gasteiger partial charge is 0.392 e. The number of aryl methyl sites for hydroxylation is 2. The van der Waals surface area contributed by atoms with E-state index in [1.54, 1.807) is 0 Å². The molecule has 2 nitrogen and oxygen atoms in total. The SMILES string of the molecule is Cc1ccc(C(CN)C(O)C2CCC(C)CC2)cc1C. The van der Waals surface area contributed by atoms with Crippen LogP contribution in [0.1, 0.15) is 55.2 Å². The molecular formula is C18H29NO. The summed E-state index contributed by atoms with van der Waals surface area (Å²) in [5.41, 5.74) is 9.74. The van der Waals surface area contributed by atoms with Gasteiger partial charge in [0.15, 0.2) is 0 Å². The van der Waals surface area contributed by atoms with Gasteiger partial charge in [0.25, 0.3) is 0 Å². The van der Waals surface area contributed by atoms with Crippen LogP contribution in [0.15, 0.2) is 18.2 Å². The zero-order valence-corrected chi connectivity index (χ0v) is 13.1. The molecule has 2 rings (SSSR count). The van der Waals surface area contributed by atoms with Crippen molar-refractivity contribution in [2.45, 2.75) is 58.5 Å². The van der Waals surface area contributed by atoms with Crippen LogP contribution < -0.4 is 5.73 Å². The Morgan fingerprint density at radius 1 is 1.15 bits per heavy atom. The molecule has 1 aromatic carbocycles. The molecule has 0 saturated heterocycles. The summed E-state index contributed by atoms with van der Waals surface area (Å²) < 4.78 is 0. The number of rotatable bonds is 4. The molecule has 1 aromatic rings. The molecule has 2 unspecified atom stereocenters. The third kappa shape index (κ3) is 3.42. The van der Waals surface area contributed by atoms with Crippen molar-refractivity contribution in [2.24, 2.45) is 17.6 Å². The van der Waals surface area contributed by atoms with E-state index >= 15 is 0 Å². The third-order valence-electron chi connectivity index (χ3n) is 5.17. The fourth-order valence-corrected chi connectivity index (χ4v) is 3.42. The van der Waals surface area contributed by atoms with Crippen LogP contribution in [0.2, 0.25) is 0 Å². The Morgan fingerprint density at radius 3 is 2.35 bits per heavy atom. The molecule has 1 aliphatic carbocycles. The molecule has 0 amide bonds. The van der Waals surface area contributed by atoms with E-state index in [1.165, 1.54) is 29.5 Å². The Morgan fingerprint density at radius 2 is 1.80 bits per heavy atom. The standard InChI is InChI=1S/C18H29NO/c1-12-4-7-15(8-5-12)18(20)17(11-19)16-9-6-13(2)14(3)10-16/h6,9-10,12,15,17-18,20H,4-5,7-8,11,19H2,1-3H3. The quantitative estimate of drug-likeness (QED) is 0.883. The van der Waals surface area contributed by atoms with Crippen molar-refractivity contribution < 1.29 is 5.11 Å². The van der Waals surface area contributed by atoms with Gasteiger partial charge in [-0.3, -0.25) is 0 Å². The van der Waals surface area contributed by atoms with Crippen LogP contribution in [0.5, 0.6) is 0 Å². The summed E-state index contributed by atoms with van der Waals surface area (Å²) in [4.78, 5) is 0. The molecule has 2 heteroatoms. The Balaban J connectivity index is 2.12. The van der Waals surface area contributed by atoms with E-state index in [4.69, 9.17) is 5.73 Å². The molecule has 2 atom stereocenters. The highest BCUT2D eigenvalue weighted by Gasteiger charge is 2.30. The first-order chi connectivity index (χ1) is 9.52. The predicted octanol–water partition coefficient (Wildman–Crippen LogP) is 3.53. The summed E-state index contributed by atoms with van der Waals surface area (Å²) in [6.07, 6.45) is 4.47. The molecule has 0 heterocycles. The average Bonchev–Trinajstić information content (AvgIpc) is 2.44. The van der Waals surface area contributed by atoms with E-state index in [1.807, 2.05) is 0 Å². The lowest BCUT2D eigenvalue weighted by Crippen LogP contribution is -2.34. The van der Waals surface area contributed by atoms with Gasteiger partial charge in [-0.2, -0.15) is 0 Å². The Hall–Kier alpha value is -0.860. The second-order valence-electron chi connectivity index (χ2n) is 6.70. The number of hydrogen-bond acceptors (Lipinski definition) is 2. The summed E-state index contributed by atoms with van der Waals surface area (Å²) in [5.74, 6) is 1.31. The van der Waals surface area contributed by atoms with Crippen LogP contribution in [0, 0.1) is 25.7 Å². The van der Waals surface area contributed by atoms with Gasteiger partial charge in [0.2, 0.25) is 0 Å². The highest BCUT2D eigenvalue weighted by molar-refractivity contribution is 5.32. The second kappa shape index (κ2) is 6.73. The minimum atomic E-state index is -0.297. The number of aliphatic hydroxyl groups is 1. The van der Waals surface area contributed by atoms with Crippen LogP contribution in [-0.4, -0.2) is 17.8 Å². The lowest BCUT2D eigenvalue weighted by Gasteiger charge is -2.34. The fraction of sp³-hybridized carbons (Fsp3) is 0.667. The zero-order chi connectivity index (χ0) is 14.7. The molecule has 0 spiro atoms. The number of nitrogens with two attached hydrogens (primary N) is 1. The van der Waals surface area contributed by atoms with Gasteiger partial charge in [-0.15, -0.1) is 0 Å². The average molecular weight is 275 g/mol. The summed E-state index contributed by atoms with van der Waals surface area (Å²) >= 11 is 0. The lowest BCUT2D eigenvalue weighted by atomic mass is 9.75. The highest BCUT2D eigenvalue weighted by Crippen LogP contribution is 2.35. The maximum atomic E-state index is 10.8. The van der Waals surface area contributed by atoms with Crippen LogP contribution in [0.3, 0.4) is 0 Å². The molecule has 1 fully saturated rings. The Labute approximate surface area is 123 Å². The molecule has 112 valence electrons. The smallest absolute Gasteiger partial charge is 0.0648 e. The minimum absolute atomic E-state index is 0.0766. The van der Waals surface area contributed by atoms with E-state index in [-0.39, 0.29) is 12.0 Å². The first kappa shape index (κ1) is 15.5. The Bertz CT molecular complexity index is 435. The fourth-order valence-electron chi connectivity index (χ4n) is 3.42. The van der Waals surface area contributed by atoms with Crippen LogP contribution >= 0.6 is 0 Å². The van der Waals surface area contributed by atoms with Gasteiger partial charge in [-0.25, -0.2) is 0 Å². The van der Waals surface area contributed by atoms with Gasteiger partial charge in [-0.05, 0) is 55.2 Å². The molecule has 0 radical (unpaired) electrons. The molecular weight excluding hydrogens is 246 g/mol. The topological polar surface area (TPSA) is 46.2 Å². The number of benzene rings is 1. The van der Waals surface area contributed by atoms with E-state index in [2.05, 4.69) is 39.0 Å². The molecule has 0 bridgehead atoms. The minimum Gasteiger partial charge on any atom is -0.392 e. The monoisotopic (exact) mass is 275 g/mol. The third-order valence-corrected chi connectivity index (χ3v) is 5.17. The van der Waals surface area contributed by atoms with Gasteiger partial charge in [0.1, 0.15) is 0 Å². The summed E-state index contributed by atoms with van der Waals surface area (Å²) in [7, 11) is 0. The Kier molecular flexibility index (Phi) is 5.22. The number of aliphatic hydroxyl groups excluding tert-OH is 1. The maximum Gasteiger partial charge on any atom is 0.0648 e. The molecule has 3 N–H and O–H groups in total. The van der Waals surface area contributed by atoms with Gasteiger partial charge < -0.3 is 10.8 Å². The van der Waals surface area contributed by atoms with Crippen molar-refractivity contribution in [3.63, 3.8) is 0 Å². The van der Waals surface area contributed by atoms with Gasteiger partial charge >= 0.3 is 0 Å². The van der Waals surface area contributed by atoms with Gasteiger partial charge in [-0.1, -0.05) is 38.0 Å². The summed E-state index contributed by atoms with van der Waals surface area (Å²) in [6.45, 7) is 7.08. The molecule has 0 aliphatic heterocycles. The van der Waals surface area contributed by atoms with Crippen LogP contribution in [0.4, 0.5) is 0 Å². The van der Waals surface area contributed by atoms with Gasteiger partial charge in [0.05, 0.1) is 6.10 Å². The van der Waals surface area contributed by atoms with E-state index in [0.717, 1.165) is 18.8 Å². The van der Waals surface area contributed by atoms with Gasteiger partial charge in [0, 0.05) is 12.5 Å². The molecule has 1 saturated carbocycles. The summed E-state index contributed by atoms with van der Waals surface area (Å²) in [5, 5.41) is 10.8. The van der Waals surface area contributed by atoms with E-state index in [9.17, 15) is 5.11 Å². The second-order valence-corrected chi connectivity index (χ2v) is 6.70. The van der Waals surface area contributed by atoms with E-state index < -0.39 is 0 Å². The van der Waals surface area contributed by atoms with Crippen molar-refractivity contribution in [2.75, 3.05) is 6.54 Å². The molecule has 1 aliphatic rings. The predicted molar refractivity (Wildman–Crippen MR) is 84.8 cm³/mol. The van der Waals surface area contributed by atoms with Crippen LogP contribution in [0.25, 0.3) is 0 Å². The van der Waals surface area contributed by atoms with Crippen molar-refractivity contribution in [1.82, 2.24) is 0 Å².